The molecule has 66 valence electrons. The molecule has 0 spiro atoms. The second-order valence-electron chi connectivity index (χ2n) is 2.37. The maximum atomic E-state index is 10.8. The molecule has 0 aliphatic carbocycles. The number of primary amides is 1. The number of hydrogen-bond acceptors (Lipinski definition) is 3. The lowest BCUT2D eigenvalue weighted by Gasteiger charge is -2.25. The molecule has 0 aromatic heterocycles. The van der Waals surface area contributed by atoms with E-state index in [0.717, 1.165) is 0 Å². The molecule has 1 aliphatic rings. The summed E-state index contributed by atoms with van der Waals surface area (Å²) in [5.74, 6) is -0.783. The number of allylic oxidation sites excluding steroid dienone is 2. The van der Waals surface area contributed by atoms with Gasteiger partial charge in [-0.25, -0.2) is 4.99 Å². The molecular weight excluding hydrogens is 201 g/mol. The minimum absolute atomic E-state index is 0.153. The van der Waals surface area contributed by atoms with Crippen molar-refractivity contribution >= 4 is 34.3 Å². The third-order valence-electron chi connectivity index (χ3n) is 1.29. The highest BCUT2D eigenvalue weighted by molar-refractivity contribution is 6.69. The van der Waals surface area contributed by atoms with Crippen LogP contribution in [0.5, 0.6) is 0 Å². The molecule has 1 atom stereocenters. The van der Waals surface area contributed by atoms with Crippen LogP contribution >= 0.6 is 23.2 Å². The number of nitrogens with zero attached hydrogens (tertiary/aromatic N) is 1. The Balaban J connectivity index is 3.00. The van der Waals surface area contributed by atoms with Crippen molar-refractivity contribution in [3.8, 4) is 0 Å². The fourth-order valence-electron chi connectivity index (χ4n) is 0.800. The van der Waals surface area contributed by atoms with Gasteiger partial charge in [-0.05, 0) is 13.0 Å². The second-order valence-corrected chi connectivity index (χ2v) is 3.31. The van der Waals surface area contributed by atoms with Crippen molar-refractivity contribution in [3.05, 3.63) is 11.8 Å². The number of nitrogens with two attached hydrogens (primary N) is 1. The number of halogens is 2. The fraction of sp³-hybridized carbons (Fsp3) is 0.333. The Morgan fingerprint density at radius 1 is 1.83 bits per heavy atom. The number of amides is 1. The summed E-state index contributed by atoms with van der Waals surface area (Å²) in [4.78, 5) is 14.5. The highest BCUT2D eigenvalue weighted by Crippen LogP contribution is 2.20. The van der Waals surface area contributed by atoms with Crippen molar-refractivity contribution in [2.75, 3.05) is 0 Å². The van der Waals surface area contributed by atoms with Gasteiger partial charge in [-0.3, -0.25) is 4.79 Å². The Hall–Kier alpha value is -0.740. The van der Waals surface area contributed by atoms with Gasteiger partial charge in [0, 0.05) is 5.70 Å². The number of alkyl halides is 1. The van der Waals surface area contributed by atoms with Gasteiger partial charge in [-0.15, -0.1) is 0 Å². The first-order valence-corrected chi connectivity index (χ1v) is 3.90. The molecule has 1 amide bonds. The molecule has 6 heteroatoms. The Morgan fingerprint density at radius 2 is 2.42 bits per heavy atom. The van der Waals surface area contributed by atoms with Crippen LogP contribution in [0.3, 0.4) is 0 Å². The first-order valence-electron chi connectivity index (χ1n) is 3.15. The quantitative estimate of drug-likeness (QED) is 0.486. The molecule has 1 unspecified atom stereocenters. The minimum Gasteiger partial charge on any atom is -0.365 e. The summed E-state index contributed by atoms with van der Waals surface area (Å²) >= 11 is 11.3. The molecule has 0 saturated heterocycles. The molecule has 0 aromatic carbocycles. The van der Waals surface area contributed by atoms with E-state index in [0.29, 0.717) is 5.70 Å². The van der Waals surface area contributed by atoms with Crippen LogP contribution in [-0.2, 0) is 4.79 Å². The monoisotopic (exact) mass is 207 g/mol. The summed E-state index contributed by atoms with van der Waals surface area (Å²) < 4.78 is 0. The summed E-state index contributed by atoms with van der Waals surface area (Å²) in [5.41, 5.74) is 5.64. The summed E-state index contributed by atoms with van der Waals surface area (Å²) in [6.45, 7) is 1.71. The molecule has 0 radical (unpaired) electrons. The van der Waals surface area contributed by atoms with Crippen LogP contribution in [0.15, 0.2) is 16.8 Å². The van der Waals surface area contributed by atoms with Crippen molar-refractivity contribution in [1.29, 1.82) is 0 Å². The molecule has 0 aromatic rings. The Bertz CT molecular complexity index is 287. The first-order chi connectivity index (χ1) is 5.44. The Kier molecular flexibility index (Phi) is 2.30. The molecule has 0 fully saturated rings. The van der Waals surface area contributed by atoms with Crippen LogP contribution in [0.4, 0.5) is 0 Å². The minimum atomic E-state index is -1.63. The van der Waals surface area contributed by atoms with E-state index in [-0.39, 0.29) is 5.17 Å². The van der Waals surface area contributed by atoms with Crippen molar-refractivity contribution in [3.63, 3.8) is 0 Å². The van der Waals surface area contributed by atoms with Gasteiger partial charge in [0.25, 0.3) is 11.0 Å². The number of hydrogen-bond donors (Lipinski definition) is 2. The van der Waals surface area contributed by atoms with Crippen LogP contribution in [0.1, 0.15) is 6.92 Å². The molecule has 0 bridgehead atoms. The van der Waals surface area contributed by atoms with Crippen molar-refractivity contribution in [2.24, 2.45) is 10.7 Å². The fourth-order valence-corrected chi connectivity index (χ4v) is 1.37. The zero-order valence-corrected chi connectivity index (χ0v) is 7.78. The Morgan fingerprint density at radius 3 is 2.83 bits per heavy atom. The lowest BCUT2D eigenvalue weighted by Crippen LogP contribution is -2.50. The van der Waals surface area contributed by atoms with Gasteiger partial charge in [0.05, 0.1) is 0 Å². The first kappa shape index (κ1) is 9.35. The van der Waals surface area contributed by atoms with E-state index < -0.39 is 11.0 Å². The second kappa shape index (κ2) is 2.95. The van der Waals surface area contributed by atoms with E-state index in [4.69, 9.17) is 28.9 Å². The van der Waals surface area contributed by atoms with Gasteiger partial charge >= 0.3 is 0 Å². The number of carbonyl (C=O) groups excluding carboxylic acids is 1. The normalized spacial score (nSPS) is 28.6. The van der Waals surface area contributed by atoms with Gasteiger partial charge in [0.15, 0.2) is 0 Å². The summed E-state index contributed by atoms with van der Waals surface area (Å²) in [6.07, 6.45) is 1.55. The van der Waals surface area contributed by atoms with Crippen LogP contribution in [0.2, 0.25) is 0 Å². The molecular formula is C6H7Cl2N3O. The van der Waals surface area contributed by atoms with Crippen LogP contribution < -0.4 is 11.1 Å². The molecule has 0 saturated carbocycles. The van der Waals surface area contributed by atoms with Crippen molar-refractivity contribution in [1.82, 2.24) is 5.32 Å². The largest absolute Gasteiger partial charge is 0.365 e. The topological polar surface area (TPSA) is 67.5 Å². The molecule has 1 aliphatic heterocycles. The number of nitrogens with one attached hydrogen (secondary N) is 1. The van der Waals surface area contributed by atoms with E-state index in [2.05, 4.69) is 10.3 Å². The zero-order chi connectivity index (χ0) is 9.35. The van der Waals surface area contributed by atoms with Crippen LogP contribution in [-0.4, -0.2) is 16.2 Å². The van der Waals surface area contributed by atoms with E-state index in [1.54, 1.807) is 13.0 Å². The maximum Gasteiger partial charge on any atom is 0.288 e. The van der Waals surface area contributed by atoms with E-state index in [1.807, 2.05) is 0 Å². The highest BCUT2D eigenvalue weighted by atomic mass is 35.5. The SMILES string of the molecule is CC1=CC(Cl)=NC(Cl)(C(N)=O)N1. The summed E-state index contributed by atoms with van der Waals surface area (Å²) in [6, 6.07) is 0. The number of carbonyl (C=O) groups is 1. The van der Waals surface area contributed by atoms with Gasteiger partial charge in [-0.1, -0.05) is 23.2 Å². The van der Waals surface area contributed by atoms with Crippen molar-refractivity contribution in [2.45, 2.75) is 12.0 Å². The van der Waals surface area contributed by atoms with Gasteiger partial charge in [-0.2, -0.15) is 0 Å². The predicted molar refractivity (Wildman–Crippen MR) is 48.0 cm³/mol. The van der Waals surface area contributed by atoms with Crippen LogP contribution in [0.25, 0.3) is 0 Å². The average Bonchev–Trinajstić information content (AvgIpc) is 1.82. The van der Waals surface area contributed by atoms with Gasteiger partial charge < -0.3 is 11.1 Å². The summed E-state index contributed by atoms with van der Waals surface area (Å²) in [7, 11) is 0. The third kappa shape index (κ3) is 1.70. The molecule has 3 N–H and O–H groups in total. The molecule has 12 heavy (non-hydrogen) atoms. The maximum absolute atomic E-state index is 10.8. The van der Waals surface area contributed by atoms with E-state index >= 15 is 0 Å². The number of aliphatic imine (C=N–C) groups is 1. The molecule has 1 rings (SSSR count). The van der Waals surface area contributed by atoms with E-state index in [9.17, 15) is 4.79 Å². The molecule has 4 nitrogen and oxygen atoms in total. The van der Waals surface area contributed by atoms with Gasteiger partial charge in [0.1, 0.15) is 5.17 Å². The third-order valence-corrected chi connectivity index (χ3v) is 1.84. The van der Waals surface area contributed by atoms with E-state index in [1.165, 1.54) is 0 Å². The van der Waals surface area contributed by atoms with Crippen LogP contribution in [0, 0.1) is 0 Å². The Labute approximate surface area is 79.4 Å². The average molecular weight is 208 g/mol. The smallest absolute Gasteiger partial charge is 0.288 e. The highest BCUT2D eigenvalue weighted by Gasteiger charge is 2.35. The van der Waals surface area contributed by atoms with Crippen molar-refractivity contribution < 1.29 is 4.79 Å². The standard InChI is InChI=1S/C6H7Cl2N3O/c1-3-2-4(7)11-6(8,10-3)5(9)12/h2,10H,1H3,(H2,9,12). The number of rotatable bonds is 1. The predicted octanol–water partition coefficient (Wildman–Crippen LogP) is 0.509. The van der Waals surface area contributed by atoms with Gasteiger partial charge in [0.2, 0.25) is 0 Å². The lowest BCUT2D eigenvalue weighted by atomic mass is 10.3. The molecule has 1 heterocycles. The lowest BCUT2D eigenvalue weighted by molar-refractivity contribution is -0.121. The summed E-state index contributed by atoms with van der Waals surface area (Å²) in [5, 5.41) is 1.13. The zero-order valence-electron chi connectivity index (χ0n) is 6.27.